The smallest absolute Gasteiger partial charge is 0.297 e. The third-order valence-corrected chi connectivity index (χ3v) is 3.22. The average molecular weight is 321 g/mol. The first-order chi connectivity index (χ1) is 9.41. The van der Waals surface area contributed by atoms with E-state index in [1.165, 1.54) is 12.1 Å². The van der Waals surface area contributed by atoms with Crippen LogP contribution < -0.4 is 11.2 Å². The van der Waals surface area contributed by atoms with Crippen molar-refractivity contribution in [3.8, 4) is 11.1 Å². The highest BCUT2D eigenvalue weighted by atomic mass is 35.5. The quantitative estimate of drug-likeness (QED) is 0.884. The lowest BCUT2D eigenvalue weighted by molar-refractivity contribution is 0.123. The molecule has 2 rings (SSSR count). The van der Waals surface area contributed by atoms with E-state index in [1.54, 1.807) is 12.1 Å². The summed E-state index contributed by atoms with van der Waals surface area (Å²) in [7, 11) is 0. The minimum atomic E-state index is -2.84. The highest BCUT2D eigenvalue weighted by molar-refractivity contribution is 6.35. The molecule has 1 aromatic carbocycles. The topological polar surface area (TPSA) is 54.9 Å². The summed E-state index contributed by atoms with van der Waals surface area (Å²) in [6.45, 7) is -1.01. The Hall–Kier alpha value is -1.66. The fourth-order valence-electron chi connectivity index (χ4n) is 1.75. The fourth-order valence-corrected chi connectivity index (χ4v) is 2.24. The van der Waals surface area contributed by atoms with Crippen LogP contribution in [-0.2, 0) is 6.54 Å². The molecule has 0 saturated heterocycles. The Morgan fingerprint density at radius 1 is 1.20 bits per heavy atom. The van der Waals surface area contributed by atoms with Crippen LogP contribution in [0.2, 0.25) is 10.2 Å². The van der Waals surface area contributed by atoms with Gasteiger partial charge in [-0.05, 0) is 6.07 Å². The van der Waals surface area contributed by atoms with Crippen LogP contribution in [0.15, 0.2) is 33.9 Å². The zero-order chi connectivity index (χ0) is 14.9. The summed E-state index contributed by atoms with van der Waals surface area (Å²) >= 11 is 11.8. The molecule has 1 aromatic heterocycles. The van der Waals surface area contributed by atoms with Gasteiger partial charge < -0.3 is 0 Å². The third kappa shape index (κ3) is 2.76. The molecule has 1 N–H and O–H groups in total. The van der Waals surface area contributed by atoms with Gasteiger partial charge >= 0.3 is 5.69 Å². The predicted molar refractivity (Wildman–Crippen MR) is 72.8 cm³/mol. The number of hydrogen-bond acceptors (Lipinski definition) is 2. The van der Waals surface area contributed by atoms with E-state index in [4.69, 9.17) is 23.2 Å². The standard InChI is InChI=1S/C12H8Cl2F2N2O2/c13-7-4-2-1-3-6(7)9-10(14)17-12(20)18(11(9)19)5-8(15)16/h1-4,8H,5H2,(H,17,20). The Labute approximate surface area is 121 Å². The van der Waals surface area contributed by atoms with Gasteiger partial charge in [-0.1, -0.05) is 41.4 Å². The van der Waals surface area contributed by atoms with Crippen LogP contribution in [0.4, 0.5) is 8.78 Å². The lowest BCUT2D eigenvalue weighted by Gasteiger charge is -2.09. The van der Waals surface area contributed by atoms with Gasteiger partial charge in [0.2, 0.25) is 0 Å². The molecular weight excluding hydrogens is 313 g/mol. The van der Waals surface area contributed by atoms with Crippen molar-refractivity contribution in [1.29, 1.82) is 0 Å². The lowest BCUT2D eigenvalue weighted by atomic mass is 10.1. The summed E-state index contributed by atoms with van der Waals surface area (Å²) in [4.78, 5) is 25.8. The van der Waals surface area contributed by atoms with Gasteiger partial charge in [0.25, 0.3) is 12.0 Å². The number of aromatic nitrogens is 2. The van der Waals surface area contributed by atoms with Gasteiger partial charge in [-0.15, -0.1) is 0 Å². The number of halogens is 4. The van der Waals surface area contributed by atoms with Crippen molar-refractivity contribution in [3.63, 3.8) is 0 Å². The van der Waals surface area contributed by atoms with Gasteiger partial charge in [0.1, 0.15) is 5.15 Å². The van der Waals surface area contributed by atoms with Gasteiger partial charge in [-0.3, -0.25) is 14.3 Å². The lowest BCUT2D eigenvalue weighted by Crippen LogP contribution is -2.38. The first-order valence-electron chi connectivity index (χ1n) is 5.47. The van der Waals surface area contributed by atoms with E-state index in [9.17, 15) is 18.4 Å². The highest BCUT2D eigenvalue weighted by Gasteiger charge is 2.18. The summed E-state index contributed by atoms with van der Waals surface area (Å²) in [5.74, 6) is 0. The maximum Gasteiger partial charge on any atom is 0.329 e. The average Bonchev–Trinajstić information content (AvgIpc) is 2.36. The maximum atomic E-state index is 12.4. The van der Waals surface area contributed by atoms with Crippen molar-refractivity contribution in [2.75, 3.05) is 0 Å². The van der Waals surface area contributed by atoms with E-state index < -0.39 is 24.2 Å². The summed E-state index contributed by atoms with van der Waals surface area (Å²) < 4.78 is 25.2. The van der Waals surface area contributed by atoms with Crippen molar-refractivity contribution < 1.29 is 8.78 Å². The second-order valence-corrected chi connectivity index (χ2v) is 4.69. The number of rotatable bonds is 3. The van der Waals surface area contributed by atoms with Crippen molar-refractivity contribution in [3.05, 3.63) is 55.3 Å². The van der Waals surface area contributed by atoms with Crippen LogP contribution in [0.5, 0.6) is 0 Å². The van der Waals surface area contributed by atoms with Crippen molar-refractivity contribution >= 4 is 23.2 Å². The van der Waals surface area contributed by atoms with Crippen molar-refractivity contribution in [1.82, 2.24) is 9.55 Å². The molecule has 0 unspecified atom stereocenters. The molecule has 0 bridgehead atoms. The molecule has 0 aliphatic carbocycles. The predicted octanol–water partition coefficient (Wildman–Crippen LogP) is 2.78. The molecular formula is C12H8Cl2F2N2O2. The van der Waals surface area contributed by atoms with E-state index in [0.29, 0.717) is 4.57 Å². The minimum Gasteiger partial charge on any atom is -0.297 e. The van der Waals surface area contributed by atoms with Crippen LogP contribution in [0, 0.1) is 0 Å². The molecule has 0 aliphatic heterocycles. The summed E-state index contributed by atoms with van der Waals surface area (Å²) in [6, 6.07) is 6.29. The SMILES string of the molecule is O=c1[nH]c(Cl)c(-c2ccccc2Cl)c(=O)n1CC(F)F. The third-order valence-electron chi connectivity index (χ3n) is 2.60. The van der Waals surface area contributed by atoms with Crippen LogP contribution in [0.25, 0.3) is 11.1 Å². The molecule has 8 heteroatoms. The fraction of sp³-hybridized carbons (Fsp3) is 0.167. The molecule has 0 atom stereocenters. The van der Waals surface area contributed by atoms with E-state index in [-0.39, 0.29) is 21.3 Å². The number of H-pyrrole nitrogens is 1. The molecule has 0 spiro atoms. The summed E-state index contributed by atoms with van der Waals surface area (Å²) in [6.07, 6.45) is -2.84. The van der Waals surface area contributed by atoms with Gasteiger partial charge in [-0.25, -0.2) is 13.6 Å². The molecule has 0 fully saturated rings. The Balaban J connectivity index is 2.75. The molecule has 20 heavy (non-hydrogen) atoms. The zero-order valence-electron chi connectivity index (χ0n) is 9.87. The molecule has 0 aliphatic rings. The number of nitrogens with zero attached hydrogens (tertiary/aromatic N) is 1. The van der Waals surface area contributed by atoms with Crippen LogP contribution in [-0.4, -0.2) is 16.0 Å². The molecule has 2 aromatic rings. The Morgan fingerprint density at radius 2 is 1.85 bits per heavy atom. The Kier molecular flexibility index (Phi) is 4.25. The maximum absolute atomic E-state index is 12.4. The zero-order valence-corrected chi connectivity index (χ0v) is 11.4. The molecule has 4 nitrogen and oxygen atoms in total. The van der Waals surface area contributed by atoms with Gasteiger partial charge in [-0.2, -0.15) is 0 Å². The second-order valence-electron chi connectivity index (χ2n) is 3.91. The molecule has 1 heterocycles. The van der Waals surface area contributed by atoms with Crippen LogP contribution in [0.1, 0.15) is 0 Å². The number of alkyl halides is 2. The van der Waals surface area contributed by atoms with Gasteiger partial charge in [0.15, 0.2) is 0 Å². The number of aromatic amines is 1. The highest BCUT2D eigenvalue weighted by Crippen LogP contribution is 2.28. The van der Waals surface area contributed by atoms with Crippen LogP contribution in [0.3, 0.4) is 0 Å². The van der Waals surface area contributed by atoms with Crippen LogP contribution >= 0.6 is 23.2 Å². The van der Waals surface area contributed by atoms with Gasteiger partial charge in [0.05, 0.1) is 12.1 Å². The van der Waals surface area contributed by atoms with E-state index >= 15 is 0 Å². The largest absolute Gasteiger partial charge is 0.329 e. The van der Waals surface area contributed by atoms with E-state index in [0.717, 1.165) is 0 Å². The molecule has 0 saturated carbocycles. The molecule has 0 amide bonds. The van der Waals surface area contributed by atoms with Crippen molar-refractivity contribution in [2.45, 2.75) is 13.0 Å². The van der Waals surface area contributed by atoms with Crippen molar-refractivity contribution in [2.24, 2.45) is 0 Å². The van der Waals surface area contributed by atoms with E-state index in [1.807, 2.05) is 0 Å². The Morgan fingerprint density at radius 3 is 2.45 bits per heavy atom. The summed E-state index contributed by atoms with van der Waals surface area (Å²) in [5.41, 5.74) is -1.75. The number of benzene rings is 1. The van der Waals surface area contributed by atoms with E-state index in [2.05, 4.69) is 4.98 Å². The Bertz CT molecular complexity index is 756. The first-order valence-corrected chi connectivity index (χ1v) is 6.23. The minimum absolute atomic E-state index is 0.113. The number of hydrogen-bond donors (Lipinski definition) is 1. The molecule has 0 radical (unpaired) electrons. The monoisotopic (exact) mass is 320 g/mol. The summed E-state index contributed by atoms with van der Waals surface area (Å²) in [5, 5.41) is -0.0132. The second kappa shape index (κ2) is 5.76. The normalized spacial score (nSPS) is 11.1. The number of nitrogens with one attached hydrogen (secondary N) is 1. The molecule has 106 valence electrons. The first kappa shape index (κ1) is 14.7. The van der Waals surface area contributed by atoms with Gasteiger partial charge in [0, 0.05) is 10.6 Å².